The molecule has 0 amide bonds. The highest BCUT2D eigenvalue weighted by Crippen LogP contribution is 2.25. The molecule has 1 aliphatic rings. The minimum atomic E-state index is -1.66. The number of anilines is 1. The maximum atomic E-state index is 14.0. The SMILES string of the molecule is Nc1c(Oc2ccc(F)cc2)ncn(C[C@]2(O)CCNC[C@@H]2F)c1=O. The molecule has 134 valence electrons. The van der Waals surface area contributed by atoms with Gasteiger partial charge in [0, 0.05) is 6.54 Å². The van der Waals surface area contributed by atoms with E-state index in [0.717, 1.165) is 10.9 Å². The molecule has 0 radical (unpaired) electrons. The third-order valence-corrected chi connectivity index (χ3v) is 4.15. The number of nitrogens with two attached hydrogens (primary N) is 1. The third kappa shape index (κ3) is 3.62. The zero-order chi connectivity index (χ0) is 18.0. The highest BCUT2D eigenvalue weighted by molar-refractivity contribution is 5.47. The second kappa shape index (κ2) is 6.77. The van der Waals surface area contributed by atoms with Gasteiger partial charge in [-0.05, 0) is 37.2 Å². The van der Waals surface area contributed by atoms with Crippen LogP contribution in [0.5, 0.6) is 11.6 Å². The number of nitrogens with zero attached hydrogens (tertiary/aromatic N) is 2. The van der Waals surface area contributed by atoms with E-state index < -0.39 is 23.1 Å². The average molecular weight is 352 g/mol. The number of benzene rings is 1. The quantitative estimate of drug-likeness (QED) is 0.753. The predicted molar refractivity (Wildman–Crippen MR) is 86.7 cm³/mol. The number of alkyl halides is 1. The summed E-state index contributed by atoms with van der Waals surface area (Å²) in [4.78, 5) is 16.3. The highest BCUT2D eigenvalue weighted by atomic mass is 19.1. The van der Waals surface area contributed by atoms with Crippen molar-refractivity contribution in [2.24, 2.45) is 0 Å². The first-order valence-corrected chi connectivity index (χ1v) is 7.74. The van der Waals surface area contributed by atoms with Crippen molar-refractivity contribution >= 4 is 5.69 Å². The van der Waals surface area contributed by atoms with Crippen molar-refractivity contribution in [3.63, 3.8) is 0 Å². The molecule has 2 heterocycles. The van der Waals surface area contributed by atoms with E-state index in [1.165, 1.54) is 24.3 Å². The van der Waals surface area contributed by atoms with Crippen molar-refractivity contribution in [3.8, 4) is 11.6 Å². The molecule has 1 fully saturated rings. The van der Waals surface area contributed by atoms with Crippen LogP contribution in [0.3, 0.4) is 0 Å². The van der Waals surface area contributed by atoms with Gasteiger partial charge in [-0.25, -0.2) is 13.8 Å². The lowest BCUT2D eigenvalue weighted by atomic mass is 9.90. The van der Waals surface area contributed by atoms with Crippen molar-refractivity contribution in [1.82, 2.24) is 14.9 Å². The number of halogens is 2. The summed E-state index contributed by atoms with van der Waals surface area (Å²) in [5.74, 6) is -0.305. The summed E-state index contributed by atoms with van der Waals surface area (Å²) in [7, 11) is 0. The van der Waals surface area contributed by atoms with Gasteiger partial charge in [-0.2, -0.15) is 0 Å². The van der Waals surface area contributed by atoms with Gasteiger partial charge in [0.15, 0.2) is 5.69 Å². The molecule has 2 atom stereocenters. The van der Waals surface area contributed by atoms with Crippen LogP contribution in [0.1, 0.15) is 6.42 Å². The Morgan fingerprint density at radius 1 is 1.44 bits per heavy atom. The van der Waals surface area contributed by atoms with Crippen LogP contribution < -0.4 is 21.3 Å². The highest BCUT2D eigenvalue weighted by Gasteiger charge is 2.40. The van der Waals surface area contributed by atoms with Gasteiger partial charge in [-0.3, -0.25) is 9.36 Å². The zero-order valence-electron chi connectivity index (χ0n) is 13.3. The molecule has 3 rings (SSSR count). The van der Waals surface area contributed by atoms with Gasteiger partial charge in [0.25, 0.3) is 5.56 Å². The van der Waals surface area contributed by atoms with E-state index in [1.807, 2.05) is 0 Å². The van der Waals surface area contributed by atoms with Crippen molar-refractivity contribution in [2.75, 3.05) is 18.8 Å². The molecule has 0 bridgehead atoms. The lowest BCUT2D eigenvalue weighted by Crippen LogP contribution is -2.55. The first-order chi connectivity index (χ1) is 11.9. The summed E-state index contributed by atoms with van der Waals surface area (Å²) >= 11 is 0. The molecule has 0 aliphatic carbocycles. The Morgan fingerprint density at radius 3 is 2.84 bits per heavy atom. The fraction of sp³-hybridized carbons (Fsp3) is 0.375. The fourth-order valence-corrected chi connectivity index (χ4v) is 2.65. The van der Waals surface area contributed by atoms with E-state index >= 15 is 0 Å². The van der Waals surface area contributed by atoms with Crippen molar-refractivity contribution in [2.45, 2.75) is 24.7 Å². The molecule has 1 saturated heterocycles. The van der Waals surface area contributed by atoms with Gasteiger partial charge >= 0.3 is 0 Å². The van der Waals surface area contributed by atoms with E-state index in [9.17, 15) is 18.7 Å². The lowest BCUT2D eigenvalue weighted by molar-refractivity contribution is -0.0679. The van der Waals surface area contributed by atoms with Crippen LogP contribution in [0.25, 0.3) is 0 Å². The molecule has 7 nitrogen and oxygen atoms in total. The second-order valence-corrected chi connectivity index (χ2v) is 5.98. The number of hydrogen-bond donors (Lipinski definition) is 3. The van der Waals surface area contributed by atoms with Crippen LogP contribution in [0.2, 0.25) is 0 Å². The van der Waals surface area contributed by atoms with E-state index in [2.05, 4.69) is 10.3 Å². The number of rotatable bonds is 4. The summed E-state index contributed by atoms with van der Waals surface area (Å²) in [6.45, 7) is 0.197. The summed E-state index contributed by atoms with van der Waals surface area (Å²) in [5.41, 5.74) is 3.17. The topological polar surface area (TPSA) is 102 Å². The average Bonchev–Trinajstić information content (AvgIpc) is 2.59. The minimum Gasteiger partial charge on any atom is -0.437 e. The van der Waals surface area contributed by atoms with Crippen LogP contribution in [0.4, 0.5) is 14.5 Å². The monoisotopic (exact) mass is 352 g/mol. The standard InChI is InChI=1S/C16H18F2N4O3/c17-10-1-3-11(4-2-10)25-14-13(19)15(23)22(9-21-14)8-16(24)5-6-20-7-12(16)18/h1-4,9,12,20,24H,5-8,19H2/t12-,16+/m0/s1. The number of aliphatic hydroxyl groups is 1. The van der Waals surface area contributed by atoms with Crippen LogP contribution in [-0.4, -0.2) is 39.5 Å². The molecule has 4 N–H and O–H groups in total. The van der Waals surface area contributed by atoms with Crippen LogP contribution in [0.15, 0.2) is 35.4 Å². The van der Waals surface area contributed by atoms with Gasteiger partial charge in [-0.15, -0.1) is 0 Å². The Hall–Kier alpha value is -2.52. The predicted octanol–water partition coefficient (Wildman–Crippen LogP) is 0.819. The number of nitrogen functional groups attached to an aromatic ring is 1. The van der Waals surface area contributed by atoms with Gasteiger partial charge in [0.2, 0.25) is 5.88 Å². The minimum absolute atomic E-state index is 0.0138. The van der Waals surface area contributed by atoms with E-state index in [-0.39, 0.29) is 36.8 Å². The number of aromatic nitrogens is 2. The van der Waals surface area contributed by atoms with Gasteiger partial charge in [-0.1, -0.05) is 0 Å². The molecule has 9 heteroatoms. The number of hydrogen-bond acceptors (Lipinski definition) is 6. The molecule has 2 aromatic rings. The molecule has 0 unspecified atom stereocenters. The molecule has 1 aromatic heterocycles. The smallest absolute Gasteiger partial charge is 0.280 e. The van der Waals surface area contributed by atoms with Gasteiger partial charge in [0.1, 0.15) is 29.7 Å². The number of ether oxygens (including phenoxy) is 1. The van der Waals surface area contributed by atoms with E-state index in [0.29, 0.717) is 6.54 Å². The first-order valence-electron chi connectivity index (χ1n) is 7.74. The second-order valence-electron chi connectivity index (χ2n) is 5.98. The molecule has 25 heavy (non-hydrogen) atoms. The van der Waals surface area contributed by atoms with Crippen LogP contribution in [0, 0.1) is 5.82 Å². The maximum Gasteiger partial charge on any atom is 0.280 e. The Balaban J connectivity index is 1.83. The molecule has 1 aromatic carbocycles. The summed E-state index contributed by atoms with van der Waals surface area (Å²) in [6.07, 6.45) is -0.206. The molecular formula is C16H18F2N4O3. The Morgan fingerprint density at radius 2 is 2.16 bits per heavy atom. The zero-order valence-corrected chi connectivity index (χ0v) is 13.3. The Labute approximate surface area is 142 Å². The first kappa shape index (κ1) is 17.3. The molecule has 1 aliphatic heterocycles. The summed E-state index contributed by atoms with van der Waals surface area (Å²) in [6, 6.07) is 5.13. The van der Waals surface area contributed by atoms with Gasteiger partial charge in [0.05, 0.1) is 6.54 Å². The van der Waals surface area contributed by atoms with Gasteiger partial charge < -0.3 is 20.9 Å². The summed E-state index contributed by atoms with van der Waals surface area (Å²) < 4.78 is 33.4. The molecular weight excluding hydrogens is 334 g/mol. The Bertz CT molecular complexity index is 812. The van der Waals surface area contributed by atoms with Crippen LogP contribution in [-0.2, 0) is 6.54 Å². The van der Waals surface area contributed by atoms with Crippen molar-refractivity contribution in [3.05, 3.63) is 46.8 Å². The third-order valence-electron chi connectivity index (χ3n) is 4.15. The molecule has 0 spiro atoms. The normalized spacial score (nSPS) is 23.4. The van der Waals surface area contributed by atoms with E-state index in [1.54, 1.807) is 0 Å². The van der Waals surface area contributed by atoms with E-state index in [4.69, 9.17) is 10.5 Å². The number of nitrogens with one attached hydrogen (secondary N) is 1. The fourth-order valence-electron chi connectivity index (χ4n) is 2.65. The van der Waals surface area contributed by atoms with Crippen molar-refractivity contribution < 1.29 is 18.6 Å². The van der Waals surface area contributed by atoms with Crippen LogP contribution >= 0.6 is 0 Å². The summed E-state index contributed by atoms with van der Waals surface area (Å²) in [5, 5.41) is 13.3. The van der Waals surface area contributed by atoms with Crippen molar-refractivity contribution in [1.29, 1.82) is 0 Å². The molecule has 0 saturated carbocycles. The maximum absolute atomic E-state index is 14.0. The number of piperidine rings is 1. The largest absolute Gasteiger partial charge is 0.437 e. The lowest BCUT2D eigenvalue weighted by Gasteiger charge is -2.36. The Kier molecular flexibility index (Phi) is 4.69.